The molecular weight excluding hydrogens is 285 g/mol. The van der Waals surface area contributed by atoms with Crippen LogP contribution in [0.5, 0.6) is 0 Å². The maximum Gasteiger partial charge on any atom is 0.239 e. The van der Waals surface area contributed by atoms with Gasteiger partial charge < -0.3 is 15.1 Å². The molecule has 0 radical (unpaired) electrons. The van der Waals surface area contributed by atoms with Gasteiger partial charge in [0.2, 0.25) is 11.8 Å². The predicted molar refractivity (Wildman–Crippen MR) is 83.7 cm³/mol. The second-order valence-electron chi connectivity index (χ2n) is 5.51. The van der Waals surface area contributed by atoms with Crippen molar-refractivity contribution in [2.75, 3.05) is 33.7 Å². The van der Waals surface area contributed by atoms with E-state index in [2.05, 4.69) is 5.32 Å². The third kappa shape index (κ3) is 7.17. The molecule has 22 heavy (non-hydrogen) atoms. The normalized spacial score (nSPS) is 10.6. The summed E-state index contributed by atoms with van der Waals surface area (Å²) < 4.78 is 12.9. The van der Waals surface area contributed by atoms with Crippen LogP contribution in [0.15, 0.2) is 24.3 Å². The van der Waals surface area contributed by atoms with Crippen molar-refractivity contribution in [2.45, 2.75) is 19.9 Å². The molecule has 2 amide bonds. The molecule has 0 aromatic heterocycles. The summed E-state index contributed by atoms with van der Waals surface area (Å²) in [5, 5.41) is 2.80. The fourth-order valence-corrected chi connectivity index (χ4v) is 1.94. The van der Waals surface area contributed by atoms with Crippen LogP contribution in [0.4, 0.5) is 4.39 Å². The fourth-order valence-electron chi connectivity index (χ4n) is 1.94. The Bertz CT molecular complexity index is 489. The van der Waals surface area contributed by atoms with Crippen LogP contribution in [0.2, 0.25) is 0 Å². The van der Waals surface area contributed by atoms with Crippen LogP contribution < -0.4 is 5.32 Å². The molecule has 0 aliphatic rings. The van der Waals surface area contributed by atoms with E-state index in [9.17, 15) is 14.0 Å². The molecule has 0 spiro atoms. The van der Waals surface area contributed by atoms with Gasteiger partial charge in [-0.1, -0.05) is 12.1 Å². The largest absolute Gasteiger partial charge is 0.355 e. The SMILES string of the molecule is CC(=O)N(CC(=O)NCCCN(C)C)Cc1ccc(F)cc1. The fraction of sp³-hybridized carbons (Fsp3) is 0.500. The summed E-state index contributed by atoms with van der Waals surface area (Å²) in [4.78, 5) is 27.0. The Balaban J connectivity index is 2.45. The molecule has 0 atom stereocenters. The first-order chi connectivity index (χ1) is 10.4. The molecule has 5 nitrogen and oxygen atoms in total. The second-order valence-corrected chi connectivity index (χ2v) is 5.51. The molecule has 1 N–H and O–H groups in total. The summed E-state index contributed by atoms with van der Waals surface area (Å²) in [6.07, 6.45) is 0.858. The first-order valence-electron chi connectivity index (χ1n) is 7.30. The lowest BCUT2D eigenvalue weighted by Gasteiger charge is -2.20. The van der Waals surface area contributed by atoms with Gasteiger partial charge in [0.15, 0.2) is 0 Å². The van der Waals surface area contributed by atoms with Crippen LogP contribution in [-0.4, -0.2) is 55.3 Å². The Kier molecular flexibility index (Phi) is 7.52. The van der Waals surface area contributed by atoms with E-state index in [1.54, 1.807) is 12.1 Å². The molecule has 1 rings (SSSR count). The summed E-state index contributed by atoms with van der Waals surface area (Å²) >= 11 is 0. The average molecular weight is 309 g/mol. The Hall–Kier alpha value is -1.95. The third-order valence-electron chi connectivity index (χ3n) is 3.17. The second kappa shape index (κ2) is 9.15. The molecular formula is C16H24FN3O2. The van der Waals surface area contributed by atoms with Crippen LogP contribution in [0, 0.1) is 5.82 Å². The van der Waals surface area contributed by atoms with Crippen LogP contribution in [-0.2, 0) is 16.1 Å². The van der Waals surface area contributed by atoms with Crippen LogP contribution >= 0.6 is 0 Å². The first-order valence-corrected chi connectivity index (χ1v) is 7.30. The quantitative estimate of drug-likeness (QED) is 0.735. The van der Waals surface area contributed by atoms with Gasteiger partial charge in [0, 0.05) is 20.0 Å². The van der Waals surface area contributed by atoms with Crippen molar-refractivity contribution in [3.05, 3.63) is 35.6 Å². The monoisotopic (exact) mass is 309 g/mol. The van der Waals surface area contributed by atoms with E-state index in [-0.39, 0.29) is 24.2 Å². The summed E-state index contributed by atoms with van der Waals surface area (Å²) in [5.41, 5.74) is 0.789. The molecule has 1 aromatic carbocycles. The summed E-state index contributed by atoms with van der Waals surface area (Å²) in [6, 6.07) is 5.91. The number of nitrogens with one attached hydrogen (secondary N) is 1. The van der Waals surface area contributed by atoms with Gasteiger partial charge in [0.25, 0.3) is 0 Å². The van der Waals surface area contributed by atoms with E-state index >= 15 is 0 Å². The van der Waals surface area contributed by atoms with Crippen molar-refractivity contribution in [2.24, 2.45) is 0 Å². The van der Waals surface area contributed by atoms with E-state index in [0.29, 0.717) is 13.1 Å². The van der Waals surface area contributed by atoms with E-state index in [4.69, 9.17) is 0 Å². The summed E-state index contributed by atoms with van der Waals surface area (Å²) in [6.45, 7) is 3.20. The maximum atomic E-state index is 12.9. The molecule has 6 heteroatoms. The van der Waals surface area contributed by atoms with Crippen LogP contribution in [0.1, 0.15) is 18.9 Å². The molecule has 0 saturated heterocycles. The van der Waals surface area contributed by atoms with Gasteiger partial charge in [-0.15, -0.1) is 0 Å². The van der Waals surface area contributed by atoms with Crippen molar-refractivity contribution in [3.8, 4) is 0 Å². The van der Waals surface area contributed by atoms with Gasteiger partial charge in [-0.05, 0) is 44.8 Å². The topological polar surface area (TPSA) is 52.7 Å². The zero-order chi connectivity index (χ0) is 16.5. The predicted octanol–water partition coefficient (Wildman–Crippen LogP) is 1.24. The van der Waals surface area contributed by atoms with Crippen LogP contribution in [0.3, 0.4) is 0 Å². The Morgan fingerprint density at radius 2 is 1.82 bits per heavy atom. The third-order valence-corrected chi connectivity index (χ3v) is 3.17. The first kappa shape index (κ1) is 18.1. The highest BCUT2D eigenvalue weighted by Gasteiger charge is 2.13. The minimum atomic E-state index is -0.322. The molecule has 0 aliphatic carbocycles. The lowest BCUT2D eigenvalue weighted by molar-refractivity contribution is -0.134. The molecule has 1 aromatic rings. The Morgan fingerprint density at radius 1 is 1.18 bits per heavy atom. The van der Waals surface area contributed by atoms with Crippen molar-refractivity contribution >= 4 is 11.8 Å². The van der Waals surface area contributed by atoms with Gasteiger partial charge in [-0.25, -0.2) is 4.39 Å². The van der Waals surface area contributed by atoms with Crippen LogP contribution in [0.25, 0.3) is 0 Å². The average Bonchev–Trinajstić information content (AvgIpc) is 2.45. The van der Waals surface area contributed by atoms with Crippen molar-refractivity contribution < 1.29 is 14.0 Å². The Morgan fingerprint density at radius 3 is 2.36 bits per heavy atom. The molecule has 0 heterocycles. The van der Waals surface area contributed by atoms with Gasteiger partial charge >= 0.3 is 0 Å². The van der Waals surface area contributed by atoms with E-state index in [1.807, 2.05) is 19.0 Å². The molecule has 0 bridgehead atoms. The Labute approximate surface area is 131 Å². The number of nitrogens with zero attached hydrogens (tertiary/aromatic N) is 2. The van der Waals surface area contributed by atoms with Crippen molar-refractivity contribution in [3.63, 3.8) is 0 Å². The number of hydrogen-bond donors (Lipinski definition) is 1. The highest BCUT2D eigenvalue weighted by atomic mass is 19.1. The molecule has 0 saturated carbocycles. The zero-order valence-corrected chi connectivity index (χ0v) is 13.4. The van der Waals surface area contributed by atoms with Gasteiger partial charge in [0.05, 0.1) is 6.54 Å². The number of rotatable bonds is 8. The molecule has 0 aliphatic heterocycles. The number of amides is 2. The van der Waals surface area contributed by atoms with Crippen molar-refractivity contribution in [1.82, 2.24) is 15.1 Å². The smallest absolute Gasteiger partial charge is 0.239 e. The molecule has 122 valence electrons. The minimum absolute atomic E-state index is 0.00861. The summed E-state index contributed by atoms with van der Waals surface area (Å²) in [5.74, 6) is -0.694. The maximum absolute atomic E-state index is 12.9. The van der Waals surface area contributed by atoms with Gasteiger partial charge in [0.1, 0.15) is 5.82 Å². The number of carbonyl (C=O) groups excluding carboxylic acids is 2. The highest BCUT2D eigenvalue weighted by molar-refractivity contribution is 5.83. The van der Waals surface area contributed by atoms with Crippen molar-refractivity contribution in [1.29, 1.82) is 0 Å². The highest BCUT2D eigenvalue weighted by Crippen LogP contribution is 2.06. The number of carbonyl (C=O) groups is 2. The van der Waals surface area contributed by atoms with Gasteiger partial charge in [-0.3, -0.25) is 9.59 Å². The molecule has 0 unspecified atom stereocenters. The number of hydrogen-bond acceptors (Lipinski definition) is 3. The van der Waals surface area contributed by atoms with E-state index < -0.39 is 0 Å². The van der Waals surface area contributed by atoms with Gasteiger partial charge in [-0.2, -0.15) is 0 Å². The minimum Gasteiger partial charge on any atom is -0.355 e. The van der Waals surface area contributed by atoms with E-state index in [1.165, 1.54) is 24.0 Å². The zero-order valence-electron chi connectivity index (χ0n) is 13.4. The van der Waals surface area contributed by atoms with E-state index in [0.717, 1.165) is 18.5 Å². The molecule has 0 fully saturated rings. The number of benzene rings is 1. The summed E-state index contributed by atoms with van der Waals surface area (Å²) in [7, 11) is 3.95. The lowest BCUT2D eigenvalue weighted by atomic mass is 10.2. The number of halogens is 1. The lowest BCUT2D eigenvalue weighted by Crippen LogP contribution is -2.40. The standard InChI is InChI=1S/C16H24FN3O2/c1-13(21)20(11-14-5-7-15(17)8-6-14)12-16(22)18-9-4-10-19(2)3/h5-8H,4,9-12H2,1-3H3,(H,18,22).